The van der Waals surface area contributed by atoms with E-state index >= 15 is 0 Å². The third-order valence-corrected chi connectivity index (χ3v) is 8.47. The quantitative estimate of drug-likeness (QED) is 0.480. The number of nitrogens with two attached hydrogens (primary N) is 1. The molecule has 0 heterocycles. The van der Waals surface area contributed by atoms with E-state index in [1.54, 1.807) is 0 Å². The van der Waals surface area contributed by atoms with Crippen LogP contribution in [0.4, 0.5) is 13.2 Å². The molecule has 2 fully saturated rings. The molecule has 4 N–H and O–H groups in total. The number of phenols is 1. The van der Waals surface area contributed by atoms with Crippen molar-refractivity contribution in [3.8, 4) is 16.9 Å². The van der Waals surface area contributed by atoms with Gasteiger partial charge in [-0.05, 0) is 67.7 Å². The van der Waals surface area contributed by atoms with E-state index in [2.05, 4.69) is 0 Å². The maximum atomic E-state index is 13.8. The van der Waals surface area contributed by atoms with Crippen molar-refractivity contribution in [1.29, 1.82) is 0 Å². The molecule has 2 aromatic carbocycles. The average Bonchev–Trinajstić information content (AvgIpc) is 2.85. The molecule has 12 heteroatoms. The molecule has 6 atom stereocenters. The van der Waals surface area contributed by atoms with E-state index in [1.807, 2.05) is 0 Å². The Morgan fingerprint density at radius 1 is 1.02 bits per heavy atom. The molecular formula is C28H25F3N2O7. The topological polar surface area (TPSA) is 155 Å². The number of aliphatic hydroxyl groups is 1. The fraction of sp³-hybridized carbons (Fsp3) is 0.393. The van der Waals surface area contributed by atoms with Crippen molar-refractivity contribution >= 4 is 29.0 Å². The van der Waals surface area contributed by atoms with E-state index in [9.17, 15) is 47.4 Å². The molecule has 0 radical (unpaired) electrons. The van der Waals surface area contributed by atoms with Crippen LogP contribution in [0.5, 0.6) is 5.75 Å². The molecule has 210 valence electrons. The van der Waals surface area contributed by atoms with Gasteiger partial charge in [0.25, 0.3) is 0 Å². The minimum atomic E-state index is -4.55. The van der Waals surface area contributed by atoms with E-state index in [4.69, 9.17) is 5.73 Å². The fourth-order valence-corrected chi connectivity index (χ4v) is 6.71. The van der Waals surface area contributed by atoms with Crippen molar-refractivity contribution in [2.75, 3.05) is 14.1 Å². The summed E-state index contributed by atoms with van der Waals surface area (Å²) >= 11 is 0. The highest BCUT2D eigenvalue weighted by Gasteiger charge is 2.69. The SMILES string of the molecule is CN(C)[C@H]1C(=O)C(C(N)=O)C(=O)[C@]2(O)C(=O)C3C(=O)c4c(O)ccc(-c5ccc(C(F)(F)F)cc5)c4C[C@@H]3C[C@H]12. The normalized spacial score (nSPS) is 30.1. The number of alkyl halides is 3. The smallest absolute Gasteiger partial charge is 0.416 e. The lowest BCUT2D eigenvalue weighted by Crippen LogP contribution is -2.74. The minimum Gasteiger partial charge on any atom is -0.507 e. The second-order valence-corrected chi connectivity index (χ2v) is 10.9. The Kier molecular flexibility index (Phi) is 6.27. The number of fused-ring (bicyclic) bond motifs is 3. The van der Waals surface area contributed by atoms with Crippen molar-refractivity contribution in [2.45, 2.75) is 30.7 Å². The first-order valence-corrected chi connectivity index (χ1v) is 12.5. The molecule has 2 unspecified atom stereocenters. The molecule has 1 amide bonds. The first-order valence-electron chi connectivity index (χ1n) is 12.5. The Morgan fingerprint density at radius 2 is 1.65 bits per heavy atom. The molecule has 9 nitrogen and oxygen atoms in total. The second kappa shape index (κ2) is 9.07. The van der Waals surface area contributed by atoms with Crippen molar-refractivity contribution in [3.05, 3.63) is 53.1 Å². The third-order valence-electron chi connectivity index (χ3n) is 8.47. The van der Waals surface area contributed by atoms with Gasteiger partial charge in [-0.3, -0.25) is 28.9 Å². The van der Waals surface area contributed by atoms with E-state index in [-0.39, 0.29) is 18.4 Å². The number of ketones is 4. The maximum Gasteiger partial charge on any atom is 0.416 e. The van der Waals surface area contributed by atoms with Gasteiger partial charge in [-0.15, -0.1) is 0 Å². The average molecular weight is 559 g/mol. The maximum absolute atomic E-state index is 13.8. The Hall–Kier alpha value is -3.90. The second-order valence-electron chi connectivity index (χ2n) is 10.9. The van der Waals surface area contributed by atoms with Crippen LogP contribution in [0.15, 0.2) is 36.4 Å². The van der Waals surface area contributed by atoms with Gasteiger partial charge in [-0.2, -0.15) is 13.2 Å². The van der Waals surface area contributed by atoms with Crippen LogP contribution in [0.25, 0.3) is 11.1 Å². The lowest BCUT2D eigenvalue weighted by Gasteiger charge is -2.52. The van der Waals surface area contributed by atoms with Crippen LogP contribution in [0.3, 0.4) is 0 Å². The van der Waals surface area contributed by atoms with Crippen LogP contribution in [-0.4, -0.2) is 69.9 Å². The van der Waals surface area contributed by atoms with Gasteiger partial charge in [0.1, 0.15) is 5.75 Å². The van der Waals surface area contributed by atoms with E-state index in [1.165, 1.54) is 43.3 Å². The molecule has 3 aliphatic rings. The summed E-state index contributed by atoms with van der Waals surface area (Å²) in [6.07, 6.45) is -4.69. The lowest BCUT2D eigenvalue weighted by molar-refractivity contribution is -0.181. The number of likely N-dealkylation sites (N-methyl/N-ethyl adjacent to an activating group) is 1. The Morgan fingerprint density at radius 3 is 2.20 bits per heavy atom. The standard InChI is InChI=1S/C28H25F3N2O7/c1-33(2)21-16-10-12-9-15-14(11-3-5-13(6-4-11)28(29,30)31)7-8-17(34)19(15)22(35)18(12)24(37)27(16,40)25(38)20(23(21)36)26(32)39/h3-8,12,16,18,20-21,34,40H,9-10H2,1-2H3,(H2,32,39)/t12-,16-,18?,20?,21-,27-/m1/s1. The number of rotatable bonds is 3. The zero-order valence-corrected chi connectivity index (χ0v) is 21.4. The molecule has 0 aliphatic heterocycles. The van der Waals surface area contributed by atoms with Crippen LogP contribution in [-0.2, 0) is 31.8 Å². The predicted octanol–water partition coefficient (Wildman–Crippen LogP) is 1.55. The number of aromatic hydroxyl groups is 1. The summed E-state index contributed by atoms with van der Waals surface area (Å²) in [7, 11) is 2.96. The Balaban J connectivity index is 1.63. The van der Waals surface area contributed by atoms with Crippen LogP contribution in [0.2, 0.25) is 0 Å². The molecule has 5 rings (SSSR count). The van der Waals surface area contributed by atoms with Crippen LogP contribution in [0.1, 0.15) is 27.9 Å². The largest absolute Gasteiger partial charge is 0.507 e. The number of primary amides is 1. The summed E-state index contributed by atoms with van der Waals surface area (Å²) in [5.74, 6) is -11.8. The van der Waals surface area contributed by atoms with E-state index < -0.39 is 81.8 Å². The number of carbonyl (C=O) groups excluding carboxylic acids is 5. The Labute approximate surface area is 225 Å². The van der Waals surface area contributed by atoms with Gasteiger partial charge in [-0.25, -0.2) is 0 Å². The molecule has 0 bridgehead atoms. The van der Waals surface area contributed by atoms with Gasteiger partial charge in [0.2, 0.25) is 5.91 Å². The minimum absolute atomic E-state index is 0.00338. The number of Topliss-reactive ketones (excluding diaryl/α,β-unsaturated/α-hetero) is 4. The molecule has 0 saturated heterocycles. The zero-order valence-electron chi connectivity index (χ0n) is 21.4. The Bertz CT molecular complexity index is 1480. The van der Waals surface area contributed by atoms with Gasteiger partial charge in [0.15, 0.2) is 34.7 Å². The van der Waals surface area contributed by atoms with Crippen LogP contribution in [0, 0.1) is 23.7 Å². The van der Waals surface area contributed by atoms with Crippen LogP contribution < -0.4 is 5.73 Å². The molecule has 0 spiro atoms. The van der Waals surface area contributed by atoms with Gasteiger partial charge >= 0.3 is 6.18 Å². The number of carbonyl (C=O) groups is 5. The highest BCUT2D eigenvalue weighted by atomic mass is 19.4. The van der Waals surface area contributed by atoms with Crippen molar-refractivity contribution in [2.24, 2.45) is 29.4 Å². The van der Waals surface area contributed by atoms with Crippen molar-refractivity contribution in [1.82, 2.24) is 4.90 Å². The highest BCUT2D eigenvalue weighted by molar-refractivity contribution is 6.32. The van der Waals surface area contributed by atoms with Gasteiger partial charge in [-0.1, -0.05) is 18.2 Å². The summed E-state index contributed by atoms with van der Waals surface area (Å²) in [6, 6.07) is 5.66. The monoisotopic (exact) mass is 558 g/mol. The summed E-state index contributed by atoms with van der Waals surface area (Å²) in [5.41, 5.74) is 2.38. The predicted molar refractivity (Wildman–Crippen MR) is 132 cm³/mol. The molecule has 40 heavy (non-hydrogen) atoms. The first-order chi connectivity index (χ1) is 18.6. The number of hydrogen-bond acceptors (Lipinski definition) is 8. The highest BCUT2D eigenvalue weighted by Crippen LogP contribution is 2.51. The molecule has 2 saturated carbocycles. The summed E-state index contributed by atoms with van der Waals surface area (Å²) in [4.78, 5) is 67.5. The number of phenolic OH excluding ortho intramolecular Hbond substituents is 1. The van der Waals surface area contributed by atoms with Crippen molar-refractivity contribution < 1.29 is 47.4 Å². The number of halogens is 3. The van der Waals surface area contributed by atoms with E-state index in [0.29, 0.717) is 16.7 Å². The summed E-state index contributed by atoms with van der Waals surface area (Å²) in [6.45, 7) is 0. The fourth-order valence-electron chi connectivity index (χ4n) is 6.71. The molecule has 2 aromatic rings. The zero-order chi connectivity index (χ0) is 29.5. The van der Waals surface area contributed by atoms with E-state index in [0.717, 1.165) is 12.1 Å². The molecule has 3 aliphatic carbocycles. The van der Waals surface area contributed by atoms with Gasteiger partial charge < -0.3 is 15.9 Å². The number of hydrogen-bond donors (Lipinski definition) is 3. The lowest BCUT2D eigenvalue weighted by atomic mass is 9.52. The number of amides is 1. The first kappa shape index (κ1) is 27.7. The molecular weight excluding hydrogens is 533 g/mol. The van der Waals surface area contributed by atoms with Crippen LogP contribution >= 0.6 is 0 Å². The third kappa shape index (κ3) is 3.80. The summed E-state index contributed by atoms with van der Waals surface area (Å²) < 4.78 is 39.3. The van der Waals surface area contributed by atoms with Gasteiger partial charge in [0.05, 0.1) is 23.1 Å². The molecule has 0 aromatic heterocycles. The van der Waals surface area contributed by atoms with Crippen molar-refractivity contribution in [3.63, 3.8) is 0 Å². The number of benzene rings is 2. The van der Waals surface area contributed by atoms with Gasteiger partial charge in [0, 0.05) is 5.92 Å². The summed E-state index contributed by atoms with van der Waals surface area (Å²) in [5, 5.41) is 22.2. The number of nitrogens with zero attached hydrogens (tertiary/aromatic N) is 1.